The Kier molecular flexibility index (Phi) is 5.68. The SMILES string of the molecule is COc1cc2ncnc(Nc3ccc(C(=O)c4ccc(F)cc4)c(Cl)c3)c2cc1OC. The summed E-state index contributed by atoms with van der Waals surface area (Å²) in [7, 11) is 3.11. The van der Waals surface area contributed by atoms with Gasteiger partial charge in [-0.3, -0.25) is 4.79 Å². The number of hydrogen-bond donors (Lipinski definition) is 1. The maximum atomic E-state index is 13.1. The zero-order chi connectivity index (χ0) is 22.0. The Morgan fingerprint density at radius 1 is 0.968 bits per heavy atom. The minimum Gasteiger partial charge on any atom is -0.493 e. The second kappa shape index (κ2) is 8.57. The Labute approximate surface area is 182 Å². The fourth-order valence-electron chi connectivity index (χ4n) is 3.15. The molecule has 6 nitrogen and oxygen atoms in total. The molecule has 0 saturated heterocycles. The van der Waals surface area contributed by atoms with Crippen LogP contribution < -0.4 is 14.8 Å². The number of methoxy groups -OCH3 is 2. The van der Waals surface area contributed by atoms with E-state index in [1.54, 1.807) is 44.6 Å². The fraction of sp³-hybridized carbons (Fsp3) is 0.0870. The third kappa shape index (κ3) is 4.13. The van der Waals surface area contributed by atoms with E-state index in [2.05, 4.69) is 15.3 Å². The van der Waals surface area contributed by atoms with E-state index in [9.17, 15) is 9.18 Å². The summed E-state index contributed by atoms with van der Waals surface area (Å²) in [6.45, 7) is 0. The van der Waals surface area contributed by atoms with Crippen molar-refractivity contribution in [3.63, 3.8) is 0 Å². The van der Waals surface area contributed by atoms with Crippen LogP contribution in [0.2, 0.25) is 5.02 Å². The number of nitrogens with one attached hydrogen (secondary N) is 1. The molecule has 0 saturated carbocycles. The molecule has 0 aliphatic heterocycles. The number of carbonyl (C=O) groups excluding carboxylic acids is 1. The molecule has 0 aliphatic carbocycles. The highest BCUT2D eigenvalue weighted by molar-refractivity contribution is 6.35. The van der Waals surface area contributed by atoms with Crippen LogP contribution in [0.5, 0.6) is 11.5 Å². The van der Waals surface area contributed by atoms with E-state index in [-0.39, 0.29) is 10.8 Å². The highest BCUT2D eigenvalue weighted by Gasteiger charge is 2.15. The normalized spacial score (nSPS) is 10.7. The predicted octanol–water partition coefficient (Wildman–Crippen LogP) is 5.41. The zero-order valence-electron chi connectivity index (χ0n) is 16.6. The molecular weight excluding hydrogens is 421 g/mol. The van der Waals surface area contributed by atoms with Crippen LogP contribution >= 0.6 is 11.6 Å². The first-order chi connectivity index (χ1) is 15.0. The van der Waals surface area contributed by atoms with Crippen molar-refractivity contribution in [1.82, 2.24) is 9.97 Å². The summed E-state index contributed by atoms with van der Waals surface area (Å²) in [5, 5.41) is 4.18. The van der Waals surface area contributed by atoms with Gasteiger partial charge in [-0.1, -0.05) is 11.6 Å². The summed E-state index contributed by atoms with van der Waals surface area (Å²) in [6, 6.07) is 13.8. The van der Waals surface area contributed by atoms with Gasteiger partial charge in [-0.05, 0) is 48.5 Å². The van der Waals surface area contributed by atoms with Crippen molar-refractivity contribution in [1.29, 1.82) is 0 Å². The van der Waals surface area contributed by atoms with Gasteiger partial charge in [0.1, 0.15) is 18.0 Å². The van der Waals surface area contributed by atoms with Crippen molar-refractivity contribution in [2.45, 2.75) is 0 Å². The van der Waals surface area contributed by atoms with Crippen molar-refractivity contribution in [2.24, 2.45) is 0 Å². The van der Waals surface area contributed by atoms with Gasteiger partial charge in [-0.15, -0.1) is 0 Å². The zero-order valence-corrected chi connectivity index (χ0v) is 17.4. The van der Waals surface area contributed by atoms with Crippen LogP contribution in [0.3, 0.4) is 0 Å². The molecule has 0 bridgehead atoms. The van der Waals surface area contributed by atoms with Crippen molar-refractivity contribution in [2.75, 3.05) is 19.5 Å². The molecule has 3 aromatic carbocycles. The Bertz CT molecular complexity index is 1280. The first-order valence-corrected chi connectivity index (χ1v) is 9.61. The fourth-order valence-corrected chi connectivity index (χ4v) is 3.42. The molecule has 0 spiro atoms. The van der Waals surface area contributed by atoms with Gasteiger partial charge in [0.2, 0.25) is 0 Å². The van der Waals surface area contributed by atoms with Crippen molar-refractivity contribution in [3.05, 3.63) is 82.9 Å². The lowest BCUT2D eigenvalue weighted by Gasteiger charge is -2.13. The molecule has 4 aromatic rings. The number of fused-ring (bicyclic) bond motifs is 1. The summed E-state index contributed by atoms with van der Waals surface area (Å²) in [5.74, 6) is 0.950. The predicted molar refractivity (Wildman–Crippen MR) is 117 cm³/mol. The van der Waals surface area contributed by atoms with Crippen molar-refractivity contribution < 1.29 is 18.7 Å². The molecule has 1 N–H and O–H groups in total. The number of nitrogens with zero attached hydrogens (tertiary/aromatic N) is 2. The van der Waals surface area contributed by atoms with Gasteiger partial charge in [-0.2, -0.15) is 0 Å². The minimum atomic E-state index is -0.409. The molecule has 8 heteroatoms. The van der Waals surface area contributed by atoms with Crippen molar-refractivity contribution >= 4 is 39.8 Å². The lowest BCUT2D eigenvalue weighted by atomic mass is 10.0. The molecule has 0 unspecified atom stereocenters. The lowest BCUT2D eigenvalue weighted by molar-refractivity contribution is 0.103. The molecule has 0 atom stereocenters. The number of ether oxygens (including phenoxy) is 2. The molecule has 31 heavy (non-hydrogen) atoms. The van der Waals surface area contributed by atoms with E-state index < -0.39 is 5.82 Å². The van der Waals surface area contributed by atoms with Gasteiger partial charge >= 0.3 is 0 Å². The Hall–Kier alpha value is -3.71. The van der Waals surface area contributed by atoms with Crippen LogP contribution in [0.15, 0.2) is 60.9 Å². The van der Waals surface area contributed by atoms with Crippen LogP contribution in [-0.4, -0.2) is 30.0 Å². The Balaban J connectivity index is 1.66. The molecule has 156 valence electrons. The monoisotopic (exact) mass is 437 g/mol. The van der Waals surface area contributed by atoms with Crippen LogP contribution in [0, 0.1) is 5.82 Å². The number of aromatic nitrogens is 2. The van der Waals surface area contributed by atoms with E-state index >= 15 is 0 Å². The summed E-state index contributed by atoms with van der Waals surface area (Å²) in [6.07, 6.45) is 1.44. The minimum absolute atomic E-state index is 0.261. The number of halogens is 2. The average Bonchev–Trinajstić information content (AvgIpc) is 2.78. The molecule has 4 rings (SSSR count). The maximum Gasteiger partial charge on any atom is 0.194 e. The number of rotatable bonds is 6. The summed E-state index contributed by atoms with van der Waals surface area (Å²) in [5.41, 5.74) is 1.98. The van der Waals surface area contributed by atoms with Crippen LogP contribution in [0.1, 0.15) is 15.9 Å². The highest BCUT2D eigenvalue weighted by Crippen LogP contribution is 2.35. The van der Waals surface area contributed by atoms with Crippen LogP contribution in [0.4, 0.5) is 15.9 Å². The van der Waals surface area contributed by atoms with Gasteiger partial charge in [0.05, 0.1) is 24.8 Å². The molecular formula is C23H17ClFN3O3. The second-order valence-electron chi connectivity index (χ2n) is 6.60. The molecule has 1 heterocycles. The third-order valence-electron chi connectivity index (χ3n) is 4.72. The molecule has 0 aliphatic rings. The number of benzene rings is 3. The maximum absolute atomic E-state index is 13.1. The standard InChI is InChI=1S/C23H17ClFN3O3/c1-30-20-10-17-19(11-21(20)31-2)26-12-27-23(17)28-15-7-8-16(18(24)9-15)22(29)13-3-5-14(25)6-4-13/h3-12H,1-2H3,(H,26,27,28). The van der Waals surface area contributed by atoms with Crippen LogP contribution in [0.25, 0.3) is 10.9 Å². The second-order valence-corrected chi connectivity index (χ2v) is 7.01. The van der Waals surface area contributed by atoms with E-state index in [4.69, 9.17) is 21.1 Å². The smallest absolute Gasteiger partial charge is 0.194 e. The molecule has 0 radical (unpaired) electrons. The number of hydrogen-bond acceptors (Lipinski definition) is 6. The quantitative estimate of drug-likeness (QED) is 0.406. The number of anilines is 2. The summed E-state index contributed by atoms with van der Waals surface area (Å²) in [4.78, 5) is 21.3. The first kappa shape index (κ1) is 20.6. The van der Waals surface area contributed by atoms with E-state index in [1.165, 1.54) is 30.6 Å². The first-order valence-electron chi connectivity index (χ1n) is 9.23. The molecule has 0 fully saturated rings. The number of ketones is 1. The van der Waals surface area contributed by atoms with E-state index in [0.717, 1.165) is 5.39 Å². The summed E-state index contributed by atoms with van der Waals surface area (Å²) < 4.78 is 23.8. The van der Waals surface area contributed by atoms with Gasteiger partial charge in [0.25, 0.3) is 0 Å². The van der Waals surface area contributed by atoms with Gasteiger partial charge in [0.15, 0.2) is 17.3 Å². The molecule has 1 aromatic heterocycles. The highest BCUT2D eigenvalue weighted by atomic mass is 35.5. The number of carbonyl (C=O) groups is 1. The Morgan fingerprint density at radius 2 is 1.68 bits per heavy atom. The lowest BCUT2D eigenvalue weighted by Crippen LogP contribution is -2.03. The Morgan fingerprint density at radius 3 is 2.35 bits per heavy atom. The van der Waals surface area contributed by atoms with E-state index in [0.29, 0.717) is 39.6 Å². The van der Waals surface area contributed by atoms with Gasteiger partial charge < -0.3 is 14.8 Å². The molecule has 0 amide bonds. The third-order valence-corrected chi connectivity index (χ3v) is 5.04. The summed E-state index contributed by atoms with van der Waals surface area (Å²) >= 11 is 6.37. The van der Waals surface area contributed by atoms with Crippen molar-refractivity contribution in [3.8, 4) is 11.5 Å². The van der Waals surface area contributed by atoms with Gasteiger partial charge in [0, 0.05) is 28.3 Å². The van der Waals surface area contributed by atoms with Crippen LogP contribution in [-0.2, 0) is 0 Å². The van der Waals surface area contributed by atoms with Gasteiger partial charge in [-0.25, -0.2) is 14.4 Å². The van der Waals surface area contributed by atoms with E-state index in [1.807, 2.05) is 0 Å². The largest absolute Gasteiger partial charge is 0.493 e. The topological polar surface area (TPSA) is 73.3 Å². The average molecular weight is 438 g/mol.